The fraction of sp³-hybridized carbons (Fsp3) is 0.810. The third kappa shape index (κ3) is 22.1. The number of aldehydes is 1. The summed E-state index contributed by atoms with van der Waals surface area (Å²) >= 11 is 0. The molecule has 4 atom stereocenters. The predicted molar refractivity (Wildman–Crippen MR) is 219 cm³/mol. The van der Waals surface area contributed by atoms with Crippen LogP contribution in [-0.4, -0.2) is 134 Å². The third-order valence-corrected chi connectivity index (χ3v) is 9.35. The Labute approximate surface area is 350 Å². The second-order valence-electron chi connectivity index (χ2n) is 17.5. The van der Waals surface area contributed by atoms with Gasteiger partial charge in [-0.3, -0.25) is 28.8 Å². The van der Waals surface area contributed by atoms with E-state index in [9.17, 15) is 43.8 Å². The van der Waals surface area contributed by atoms with Gasteiger partial charge in [0.1, 0.15) is 30.7 Å². The van der Waals surface area contributed by atoms with Crippen LogP contribution in [0.5, 0.6) is 0 Å². The van der Waals surface area contributed by atoms with Crippen LogP contribution in [0.2, 0.25) is 0 Å². The van der Waals surface area contributed by atoms with Gasteiger partial charge < -0.3 is 54.5 Å². The molecule has 0 aromatic rings. The number of likely N-dealkylation sites (N-methyl/N-ethyl adjacent to an activating group) is 2. The Morgan fingerprint density at radius 3 is 1.61 bits per heavy atom. The molecule has 0 spiro atoms. The number of nitrogens with zero attached hydrogens (tertiary/aromatic N) is 1. The molecule has 0 saturated carbocycles. The minimum atomic E-state index is -1.27. The summed E-state index contributed by atoms with van der Waals surface area (Å²) in [6.07, 6.45) is 0.126. The zero-order chi connectivity index (χ0) is 46.4. The van der Waals surface area contributed by atoms with E-state index in [0.29, 0.717) is 38.9 Å². The van der Waals surface area contributed by atoms with Gasteiger partial charge in [0.05, 0.1) is 19.8 Å². The fourth-order valence-corrected chi connectivity index (χ4v) is 5.55. The van der Waals surface area contributed by atoms with E-state index < -0.39 is 64.8 Å². The van der Waals surface area contributed by atoms with Gasteiger partial charge in [-0.25, -0.2) is 6.57 Å². The van der Waals surface area contributed by atoms with Crippen molar-refractivity contribution in [3.05, 3.63) is 11.4 Å². The van der Waals surface area contributed by atoms with Crippen LogP contribution in [0, 0.1) is 22.8 Å². The highest BCUT2D eigenvalue weighted by molar-refractivity contribution is 6.36. The van der Waals surface area contributed by atoms with Gasteiger partial charge in [-0.05, 0) is 53.4 Å². The summed E-state index contributed by atoms with van der Waals surface area (Å²) in [6, 6.07) is 0. The number of rotatable bonds is 19. The van der Waals surface area contributed by atoms with Crippen LogP contribution < -0.4 is 10.6 Å². The lowest BCUT2D eigenvalue weighted by atomic mass is 9.82. The Morgan fingerprint density at radius 2 is 1.22 bits per heavy atom. The highest BCUT2D eigenvalue weighted by Gasteiger charge is 2.46. The maximum absolute atomic E-state index is 12.4. The number of ether oxygens (including phenoxy) is 4. The molecule has 5 N–H and O–H groups in total. The molecule has 0 aliphatic carbocycles. The molecule has 340 valence electrons. The van der Waals surface area contributed by atoms with Crippen molar-refractivity contribution in [1.82, 2.24) is 10.6 Å². The zero-order valence-electron chi connectivity index (χ0n) is 37.7. The first kappa shape index (κ1) is 57.6. The molecule has 0 aromatic heterocycles. The Bertz CT molecular complexity index is 1420. The summed E-state index contributed by atoms with van der Waals surface area (Å²) in [5.41, 5.74) is -1.60. The molecule has 2 saturated heterocycles. The van der Waals surface area contributed by atoms with E-state index >= 15 is 0 Å². The number of amides is 2. The molecule has 0 aromatic carbocycles. The molecule has 2 aliphatic heterocycles. The van der Waals surface area contributed by atoms with Crippen LogP contribution in [0.25, 0.3) is 4.85 Å². The molecule has 2 heterocycles. The number of carbonyl (C=O) groups is 7. The summed E-state index contributed by atoms with van der Waals surface area (Å²) in [7, 11) is 4.25. The number of Topliss-reactive ketones (excluding diaryl/α,β-unsaturated/α-hetero) is 4. The first-order valence-electron chi connectivity index (χ1n) is 19.9. The summed E-state index contributed by atoms with van der Waals surface area (Å²) in [5, 5.41) is 32.8. The molecule has 2 aliphatic rings. The molecule has 2 amide bonds. The molecule has 0 radical (unpaired) electrons. The van der Waals surface area contributed by atoms with Gasteiger partial charge in [0, 0.05) is 62.4 Å². The second-order valence-corrected chi connectivity index (χ2v) is 17.5. The minimum Gasteiger partial charge on any atom is -0.396 e. The number of nitrogens with one attached hydrogen (secondary N) is 2. The largest absolute Gasteiger partial charge is 0.396 e. The maximum atomic E-state index is 12.4. The number of ketones is 4. The van der Waals surface area contributed by atoms with E-state index in [-0.39, 0.29) is 61.1 Å². The summed E-state index contributed by atoms with van der Waals surface area (Å²) in [6.45, 7) is 24.6. The van der Waals surface area contributed by atoms with Gasteiger partial charge in [-0.1, -0.05) is 41.5 Å². The van der Waals surface area contributed by atoms with Gasteiger partial charge in [-0.2, -0.15) is 0 Å². The fourth-order valence-electron chi connectivity index (χ4n) is 5.55. The van der Waals surface area contributed by atoms with Crippen molar-refractivity contribution in [3.63, 3.8) is 0 Å². The van der Waals surface area contributed by atoms with Gasteiger partial charge in [-0.15, -0.1) is 0 Å². The summed E-state index contributed by atoms with van der Waals surface area (Å²) < 4.78 is 22.6. The number of hydrogen-bond acceptors (Lipinski definition) is 14. The standard InChI is InChI=1S/C15H27NO5.C13H22O4.C12H21NO5.C2H3N/c1-14(2)9-20-15(3,4)21-12(14)10(17)7-6-8-11(18)13(19)16-5;1-12(2)9-16-13(3,4)17-11(12)10(15)7-5-6-8-14;1-12(2,7-14)10(17)8(15)5-4-6-9(16)11(18)13-3;1-3-2/h11-12,18H,6-9H2,1-5H3,(H,16,19);8,11H,5-7,9H2,1-4H3;10,14,17H,4-7H2,1-3H3,(H,13,18);1H3/t11?,12-;11-;10-;/m000./s1. The van der Waals surface area contributed by atoms with Crippen molar-refractivity contribution < 1.29 is 67.8 Å². The van der Waals surface area contributed by atoms with Crippen molar-refractivity contribution in [2.24, 2.45) is 16.2 Å². The third-order valence-electron chi connectivity index (χ3n) is 9.35. The summed E-state index contributed by atoms with van der Waals surface area (Å²) in [5.74, 6) is -3.54. The number of unbranched alkanes of at least 4 members (excludes halogenated alkanes) is 1. The number of carbonyl (C=O) groups excluding carboxylic acids is 7. The van der Waals surface area contributed by atoms with Crippen LogP contribution in [0.3, 0.4) is 0 Å². The highest BCUT2D eigenvalue weighted by Crippen LogP contribution is 2.37. The van der Waals surface area contributed by atoms with E-state index in [2.05, 4.69) is 15.5 Å². The van der Waals surface area contributed by atoms with Crippen molar-refractivity contribution >= 4 is 41.2 Å². The van der Waals surface area contributed by atoms with E-state index in [1.165, 1.54) is 21.1 Å². The monoisotopic (exact) mass is 844 g/mol. The first-order chi connectivity index (χ1) is 27.0. The maximum Gasteiger partial charge on any atom is 0.287 e. The SMILES string of the molecule is CC1(C)OCC(C)(C)[C@H](C(=O)CCCC=O)O1.CNC(=O)C(=O)CCCC(=O)[C@H](O)C(C)(C)CO.CNC(=O)C(O)CCCC(=O)[C@@H]1OC(C)(C)OCC1(C)C.[C-]#[N+]C. The van der Waals surface area contributed by atoms with Crippen LogP contribution in [0.15, 0.2) is 0 Å². The van der Waals surface area contributed by atoms with Gasteiger partial charge in [0.15, 0.2) is 28.9 Å². The number of hydrogen-bond donors (Lipinski definition) is 5. The van der Waals surface area contributed by atoms with E-state index in [1.54, 1.807) is 27.7 Å². The van der Waals surface area contributed by atoms with Crippen molar-refractivity contribution in [2.45, 2.75) is 163 Å². The predicted octanol–water partition coefficient (Wildman–Crippen LogP) is 3.07. The molecule has 17 heteroatoms. The smallest absolute Gasteiger partial charge is 0.287 e. The van der Waals surface area contributed by atoms with Crippen molar-refractivity contribution in [3.8, 4) is 0 Å². The van der Waals surface area contributed by atoms with Gasteiger partial charge in [0.2, 0.25) is 18.7 Å². The van der Waals surface area contributed by atoms with Gasteiger partial charge >= 0.3 is 0 Å². The average molecular weight is 844 g/mol. The van der Waals surface area contributed by atoms with Crippen LogP contribution in [0.4, 0.5) is 0 Å². The lowest BCUT2D eigenvalue weighted by Gasteiger charge is -2.45. The second kappa shape index (κ2) is 26.7. The molecule has 17 nitrogen and oxygen atoms in total. The van der Waals surface area contributed by atoms with Gasteiger partial charge in [0.25, 0.3) is 5.91 Å². The number of aliphatic hydroxyl groups is 3. The Hall–Kier alpha value is -3.50. The Kier molecular flexibility index (Phi) is 26.0. The summed E-state index contributed by atoms with van der Waals surface area (Å²) in [4.78, 5) is 82.3. The normalized spacial score (nSPS) is 20.7. The van der Waals surface area contributed by atoms with E-state index in [0.717, 1.165) is 6.29 Å². The lowest BCUT2D eigenvalue weighted by Crippen LogP contribution is -2.53. The Morgan fingerprint density at radius 1 is 0.780 bits per heavy atom. The molecule has 1 unspecified atom stereocenters. The van der Waals surface area contributed by atoms with Crippen molar-refractivity contribution in [1.29, 1.82) is 0 Å². The van der Waals surface area contributed by atoms with Crippen molar-refractivity contribution in [2.75, 3.05) is 41.0 Å². The minimum absolute atomic E-state index is 0.00727. The zero-order valence-corrected chi connectivity index (χ0v) is 37.7. The molecular weight excluding hydrogens is 770 g/mol. The Balaban J connectivity index is 0. The molecule has 2 rings (SSSR count). The van der Waals surface area contributed by atoms with E-state index in [4.69, 9.17) is 30.6 Å². The van der Waals surface area contributed by atoms with Crippen LogP contribution >= 0.6 is 0 Å². The first-order valence-corrected chi connectivity index (χ1v) is 19.9. The molecule has 0 bridgehead atoms. The molecule has 59 heavy (non-hydrogen) atoms. The van der Waals surface area contributed by atoms with Crippen LogP contribution in [-0.2, 0) is 52.5 Å². The lowest BCUT2D eigenvalue weighted by molar-refractivity contribution is -0.303. The molecule has 2 fully saturated rings. The highest BCUT2D eigenvalue weighted by atomic mass is 16.7. The quantitative estimate of drug-likeness (QED) is 0.0543. The number of aliphatic hydroxyl groups excluding tert-OH is 3. The topological polar surface area (TPSA) is 246 Å². The average Bonchev–Trinajstić information content (AvgIpc) is 3.16. The molecular formula is C42H73N3O14. The van der Waals surface area contributed by atoms with E-state index in [1.807, 2.05) is 41.5 Å². The van der Waals surface area contributed by atoms with Crippen LogP contribution in [0.1, 0.15) is 127 Å².